The summed E-state index contributed by atoms with van der Waals surface area (Å²) in [6.07, 6.45) is 3.24. The molecule has 3 heterocycles. The molecule has 1 saturated heterocycles. The van der Waals surface area contributed by atoms with E-state index in [-0.39, 0.29) is 22.8 Å². The first kappa shape index (κ1) is 22.0. The summed E-state index contributed by atoms with van der Waals surface area (Å²) < 4.78 is 13.4. The van der Waals surface area contributed by atoms with E-state index in [9.17, 15) is 4.79 Å². The standard InChI is InChI=1S/C23H28N6O3/c1-15-19(32-23(2,3)31-15)17-13-24-20-18(26-17)21(30)29(22(27-20)25-14-28(4)5)12-11-16-9-7-6-8-10-16/h6-10,13-15,19H,11-12H2,1-5H3/b25-14+. The number of ether oxygens (including phenoxy) is 2. The monoisotopic (exact) mass is 436 g/mol. The molecule has 0 saturated carbocycles. The first-order valence-corrected chi connectivity index (χ1v) is 10.6. The topological polar surface area (TPSA) is 94.7 Å². The maximum atomic E-state index is 13.5. The Bertz CT molecular complexity index is 1190. The minimum atomic E-state index is -0.723. The Kier molecular flexibility index (Phi) is 6.03. The fourth-order valence-electron chi connectivity index (χ4n) is 3.72. The Morgan fingerprint density at radius 1 is 1.19 bits per heavy atom. The summed E-state index contributed by atoms with van der Waals surface area (Å²) in [6, 6.07) is 9.98. The van der Waals surface area contributed by atoms with Gasteiger partial charge in [0.1, 0.15) is 6.10 Å². The van der Waals surface area contributed by atoms with Gasteiger partial charge in [0.25, 0.3) is 5.56 Å². The summed E-state index contributed by atoms with van der Waals surface area (Å²) in [5.41, 5.74) is 1.84. The average molecular weight is 437 g/mol. The molecule has 0 bridgehead atoms. The fraction of sp³-hybridized carbons (Fsp3) is 0.435. The number of benzene rings is 1. The lowest BCUT2D eigenvalue weighted by Gasteiger charge is -2.16. The molecule has 9 heteroatoms. The molecular weight excluding hydrogens is 408 g/mol. The van der Waals surface area contributed by atoms with E-state index in [4.69, 9.17) is 9.47 Å². The summed E-state index contributed by atoms with van der Waals surface area (Å²) in [5, 5.41) is 0. The lowest BCUT2D eigenvalue weighted by Crippen LogP contribution is -2.25. The first-order chi connectivity index (χ1) is 15.2. The highest BCUT2D eigenvalue weighted by atomic mass is 16.7. The third kappa shape index (κ3) is 4.68. The van der Waals surface area contributed by atoms with Crippen LogP contribution in [-0.4, -0.2) is 56.7 Å². The van der Waals surface area contributed by atoms with Crippen molar-refractivity contribution in [3.05, 3.63) is 58.1 Å². The lowest BCUT2D eigenvalue weighted by atomic mass is 10.1. The molecule has 168 valence electrons. The van der Waals surface area contributed by atoms with Gasteiger partial charge in [-0.15, -0.1) is 0 Å². The van der Waals surface area contributed by atoms with Crippen molar-refractivity contribution in [3.63, 3.8) is 0 Å². The van der Waals surface area contributed by atoms with Crippen LogP contribution >= 0.6 is 0 Å². The van der Waals surface area contributed by atoms with Crippen molar-refractivity contribution in [3.8, 4) is 0 Å². The molecule has 3 aromatic rings. The van der Waals surface area contributed by atoms with Crippen LogP contribution < -0.4 is 5.56 Å². The second-order valence-corrected chi connectivity index (χ2v) is 8.54. The van der Waals surface area contributed by atoms with Crippen LogP contribution in [0.25, 0.3) is 11.2 Å². The third-order valence-corrected chi connectivity index (χ3v) is 5.14. The highest BCUT2D eigenvalue weighted by Crippen LogP contribution is 2.37. The SMILES string of the molecule is CC1OC(C)(C)OC1c1cnc2nc(/N=C/N(C)C)n(CCc3ccccc3)c(=O)c2n1. The molecule has 0 N–H and O–H groups in total. The molecule has 1 aromatic carbocycles. The van der Waals surface area contributed by atoms with Gasteiger partial charge in [-0.3, -0.25) is 9.36 Å². The lowest BCUT2D eigenvalue weighted by molar-refractivity contribution is -0.145. The largest absolute Gasteiger partial charge is 0.369 e. The molecule has 1 fully saturated rings. The van der Waals surface area contributed by atoms with Gasteiger partial charge in [-0.05, 0) is 32.8 Å². The molecule has 32 heavy (non-hydrogen) atoms. The number of aryl methyl sites for hydroxylation is 1. The van der Waals surface area contributed by atoms with E-state index >= 15 is 0 Å². The highest BCUT2D eigenvalue weighted by Gasteiger charge is 2.40. The van der Waals surface area contributed by atoms with Gasteiger partial charge in [0.05, 0.1) is 24.3 Å². The van der Waals surface area contributed by atoms with Gasteiger partial charge in [0.15, 0.2) is 17.0 Å². The van der Waals surface area contributed by atoms with Crippen LogP contribution in [0.5, 0.6) is 0 Å². The number of aliphatic imine (C=N–C) groups is 1. The zero-order valence-corrected chi connectivity index (χ0v) is 19.0. The zero-order chi connectivity index (χ0) is 22.9. The number of hydrogen-bond acceptors (Lipinski definition) is 7. The van der Waals surface area contributed by atoms with Gasteiger partial charge in [-0.1, -0.05) is 30.3 Å². The van der Waals surface area contributed by atoms with Crippen LogP contribution in [-0.2, 0) is 22.4 Å². The molecule has 1 aliphatic heterocycles. The van der Waals surface area contributed by atoms with Gasteiger partial charge in [0.2, 0.25) is 5.95 Å². The Labute approximate surface area is 186 Å². The molecule has 0 spiro atoms. The van der Waals surface area contributed by atoms with Gasteiger partial charge in [-0.2, -0.15) is 4.98 Å². The third-order valence-electron chi connectivity index (χ3n) is 5.14. The van der Waals surface area contributed by atoms with E-state index < -0.39 is 11.9 Å². The zero-order valence-electron chi connectivity index (χ0n) is 19.0. The van der Waals surface area contributed by atoms with E-state index in [1.807, 2.05) is 65.2 Å². The maximum Gasteiger partial charge on any atom is 0.283 e. The van der Waals surface area contributed by atoms with Crippen molar-refractivity contribution in [2.75, 3.05) is 14.1 Å². The van der Waals surface area contributed by atoms with Crippen molar-refractivity contribution in [2.24, 2.45) is 4.99 Å². The number of aromatic nitrogens is 4. The quantitative estimate of drug-likeness (QED) is 0.433. The molecule has 9 nitrogen and oxygen atoms in total. The smallest absolute Gasteiger partial charge is 0.283 e. The summed E-state index contributed by atoms with van der Waals surface area (Å²) >= 11 is 0. The predicted molar refractivity (Wildman–Crippen MR) is 122 cm³/mol. The number of hydrogen-bond donors (Lipinski definition) is 0. The number of nitrogens with zero attached hydrogens (tertiary/aromatic N) is 6. The van der Waals surface area contributed by atoms with E-state index in [2.05, 4.69) is 19.9 Å². The summed E-state index contributed by atoms with van der Waals surface area (Å²) in [5.74, 6) is -0.427. The fourth-order valence-corrected chi connectivity index (χ4v) is 3.72. The van der Waals surface area contributed by atoms with Crippen LogP contribution in [0, 0.1) is 0 Å². The van der Waals surface area contributed by atoms with Gasteiger partial charge in [0, 0.05) is 20.6 Å². The van der Waals surface area contributed by atoms with Crippen molar-refractivity contribution < 1.29 is 9.47 Å². The highest BCUT2D eigenvalue weighted by molar-refractivity contribution is 5.70. The number of rotatable bonds is 6. The Morgan fingerprint density at radius 3 is 2.59 bits per heavy atom. The molecule has 0 aliphatic carbocycles. The molecule has 0 radical (unpaired) electrons. The number of fused-ring (bicyclic) bond motifs is 1. The second kappa shape index (κ2) is 8.76. The molecule has 2 atom stereocenters. The molecule has 1 aliphatic rings. The van der Waals surface area contributed by atoms with Crippen LogP contribution in [0.3, 0.4) is 0 Å². The van der Waals surface area contributed by atoms with Crippen LogP contribution in [0.15, 0.2) is 46.3 Å². The predicted octanol–water partition coefficient (Wildman–Crippen LogP) is 2.86. The van der Waals surface area contributed by atoms with E-state index in [0.29, 0.717) is 24.6 Å². The molecule has 2 unspecified atom stereocenters. The summed E-state index contributed by atoms with van der Waals surface area (Å²) in [7, 11) is 3.71. The van der Waals surface area contributed by atoms with E-state index in [0.717, 1.165) is 5.56 Å². The minimum absolute atomic E-state index is 0.194. The van der Waals surface area contributed by atoms with Crippen LogP contribution in [0.4, 0.5) is 5.95 Å². The van der Waals surface area contributed by atoms with E-state index in [1.165, 1.54) is 0 Å². The molecule has 2 aromatic heterocycles. The second-order valence-electron chi connectivity index (χ2n) is 8.54. The van der Waals surface area contributed by atoms with Crippen molar-refractivity contribution in [1.29, 1.82) is 0 Å². The normalized spacial score (nSPS) is 20.3. The Balaban J connectivity index is 1.76. The maximum absolute atomic E-state index is 13.5. The van der Waals surface area contributed by atoms with E-state index in [1.54, 1.807) is 22.0 Å². The molecular formula is C23H28N6O3. The van der Waals surface area contributed by atoms with Gasteiger partial charge >= 0.3 is 0 Å². The summed E-state index contributed by atoms with van der Waals surface area (Å²) in [6.45, 7) is 6.04. The van der Waals surface area contributed by atoms with Crippen LogP contribution in [0.2, 0.25) is 0 Å². The van der Waals surface area contributed by atoms with Crippen molar-refractivity contribution in [1.82, 2.24) is 24.4 Å². The average Bonchev–Trinajstić information content (AvgIpc) is 3.04. The first-order valence-electron chi connectivity index (χ1n) is 10.6. The van der Waals surface area contributed by atoms with Gasteiger partial charge in [-0.25, -0.2) is 15.0 Å². The molecule has 0 amide bonds. The Morgan fingerprint density at radius 2 is 1.94 bits per heavy atom. The van der Waals surface area contributed by atoms with Gasteiger partial charge < -0.3 is 14.4 Å². The van der Waals surface area contributed by atoms with Crippen molar-refractivity contribution >= 4 is 23.5 Å². The van der Waals surface area contributed by atoms with Crippen molar-refractivity contribution in [2.45, 2.75) is 51.7 Å². The summed E-state index contributed by atoms with van der Waals surface area (Å²) in [4.78, 5) is 33.2. The molecule has 4 rings (SSSR count). The van der Waals surface area contributed by atoms with Crippen LogP contribution in [0.1, 0.15) is 38.1 Å². The Hall–Kier alpha value is -3.17. The minimum Gasteiger partial charge on any atom is -0.369 e.